The molecule has 0 saturated carbocycles. The lowest BCUT2D eigenvalue weighted by Gasteiger charge is -2.13. The van der Waals surface area contributed by atoms with Crippen molar-refractivity contribution >= 4 is 23.4 Å². The van der Waals surface area contributed by atoms with E-state index in [1.54, 1.807) is 11.8 Å². The van der Waals surface area contributed by atoms with Gasteiger partial charge in [0.2, 0.25) is 0 Å². The van der Waals surface area contributed by atoms with Gasteiger partial charge in [-0.25, -0.2) is 0 Å². The highest BCUT2D eigenvalue weighted by Crippen LogP contribution is 2.31. The average Bonchev–Trinajstić information content (AvgIpc) is 2.83. The maximum Gasteiger partial charge on any atom is 0.276 e. The maximum absolute atomic E-state index is 6.12. The standard InChI is InChI=1S/C27H25ClN2O2S/c1-19-3-7-21(8-4-19)16-31-25-15-26(33-18-23-11-13-24(28)14-12-23)29-30-27(25)32-17-22-9-5-20(2)6-10-22/h3-15H,16-18H2,1-2H3. The van der Waals surface area contributed by atoms with Gasteiger partial charge in [0.25, 0.3) is 5.88 Å². The van der Waals surface area contributed by atoms with Crippen LogP contribution in [0.2, 0.25) is 5.02 Å². The second-order valence-corrected chi connectivity index (χ2v) is 9.25. The van der Waals surface area contributed by atoms with Crippen LogP contribution in [0.1, 0.15) is 27.8 Å². The molecule has 0 unspecified atom stereocenters. The van der Waals surface area contributed by atoms with Crippen LogP contribution in [0.25, 0.3) is 0 Å². The summed E-state index contributed by atoms with van der Waals surface area (Å²) in [6.45, 7) is 4.95. The Balaban J connectivity index is 1.48. The van der Waals surface area contributed by atoms with E-state index in [1.807, 2.05) is 42.5 Å². The van der Waals surface area contributed by atoms with Crippen LogP contribution in [0.15, 0.2) is 83.9 Å². The predicted octanol–water partition coefficient (Wildman–Crippen LogP) is 7.20. The third kappa shape index (κ3) is 6.98. The Kier molecular flexibility index (Phi) is 7.87. The van der Waals surface area contributed by atoms with Gasteiger partial charge in [-0.15, -0.1) is 10.2 Å². The number of hydrogen-bond donors (Lipinski definition) is 0. The van der Waals surface area contributed by atoms with Crippen LogP contribution in [0.4, 0.5) is 0 Å². The number of halogens is 1. The van der Waals surface area contributed by atoms with Gasteiger partial charge in [-0.05, 0) is 42.7 Å². The van der Waals surface area contributed by atoms with E-state index in [2.05, 4.69) is 60.4 Å². The van der Waals surface area contributed by atoms with Gasteiger partial charge >= 0.3 is 0 Å². The summed E-state index contributed by atoms with van der Waals surface area (Å²) >= 11 is 7.57. The van der Waals surface area contributed by atoms with Crippen molar-refractivity contribution in [1.29, 1.82) is 0 Å². The van der Waals surface area contributed by atoms with E-state index >= 15 is 0 Å². The van der Waals surface area contributed by atoms with Crippen molar-refractivity contribution < 1.29 is 9.47 Å². The molecule has 6 heteroatoms. The number of ether oxygens (including phenoxy) is 2. The van der Waals surface area contributed by atoms with Crippen LogP contribution >= 0.6 is 23.4 Å². The molecule has 0 aliphatic rings. The molecule has 0 saturated heterocycles. The first-order valence-corrected chi connectivity index (χ1v) is 12.0. The van der Waals surface area contributed by atoms with Crippen LogP contribution < -0.4 is 9.47 Å². The molecule has 0 aliphatic heterocycles. The van der Waals surface area contributed by atoms with E-state index in [1.165, 1.54) is 11.1 Å². The Morgan fingerprint density at radius 1 is 0.697 bits per heavy atom. The molecule has 0 atom stereocenters. The van der Waals surface area contributed by atoms with Gasteiger partial charge in [-0.3, -0.25) is 0 Å². The van der Waals surface area contributed by atoms with Crippen molar-refractivity contribution in [3.05, 3.63) is 112 Å². The van der Waals surface area contributed by atoms with Crippen LogP contribution in [0.3, 0.4) is 0 Å². The van der Waals surface area contributed by atoms with Gasteiger partial charge in [-0.1, -0.05) is 95.2 Å². The molecule has 4 aromatic rings. The lowest BCUT2D eigenvalue weighted by Crippen LogP contribution is -2.04. The predicted molar refractivity (Wildman–Crippen MR) is 134 cm³/mol. The van der Waals surface area contributed by atoms with Crippen molar-refractivity contribution in [2.24, 2.45) is 0 Å². The van der Waals surface area contributed by atoms with E-state index < -0.39 is 0 Å². The highest BCUT2D eigenvalue weighted by atomic mass is 35.5. The fraction of sp³-hybridized carbons (Fsp3) is 0.185. The van der Waals surface area contributed by atoms with Crippen molar-refractivity contribution in [3.63, 3.8) is 0 Å². The molecular formula is C27H25ClN2O2S. The second kappa shape index (κ2) is 11.2. The highest BCUT2D eigenvalue weighted by molar-refractivity contribution is 7.98. The van der Waals surface area contributed by atoms with Gasteiger partial charge in [0.15, 0.2) is 5.75 Å². The van der Waals surface area contributed by atoms with Gasteiger partial charge in [0.05, 0.1) is 0 Å². The Bertz CT molecular complexity index is 1180. The minimum absolute atomic E-state index is 0.388. The van der Waals surface area contributed by atoms with E-state index in [4.69, 9.17) is 21.1 Å². The Labute approximate surface area is 203 Å². The molecule has 1 aromatic heterocycles. The van der Waals surface area contributed by atoms with Crippen LogP contribution in [0.5, 0.6) is 11.6 Å². The first-order valence-electron chi connectivity index (χ1n) is 10.7. The SMILES string of the molecule is Cc1ccc(COc2cc(SCc3ccc(Cl)cc3)nnc2OCc2ccc(C)cc2)cc1. The maximum atomic E-state index is 6.12. The van der Waals surface area contributed by atoms with Crippen LogP contribution in [-0.2, 0) is 19.0 Å². The van der Waals surface area contributed by atoms with Crippen LogP contribution in [-0.4, -0.2) is 10.2 Å². The van der Waals surface area contributed by atoms with E-state index in [9.17, 15) is 0 Å². The van der Waals surface area contributed by atoms with Crippen LogP contribution in [0, 0.1) is 13.8 Å². The molecule has 4 nitrogen and oxygen atoms in total. The average molecular weight is 477 g/mol. The third-order valence-electron chi connectivity index (χ3n) is 5.02. The molecule has 168 valence electrons. The zero-order chi connectivity index (χ0) is 23.0. The first kappa shape index (κ1) is 23.1. The number of hydrogen-bond acceptors (Lipinski definition) is 5. The largest absolute Gasteiger partial charge is 0.483 e. The minimum Gasteiger partial charge on any atom is -0.483 e. The van der Waals surface area contributed by atoms with Crippen molar-refractivity contribution in [2.45, 2.75) is 37.8 Å². The lowest BCUT2D eigenvalue weighted by molar-refractivity contribution is 0.242. The summed E-state index contributed by atoms with van der Waals surface area (Å²) in [6, 6.07) is 26.2. The monoisotopic (exact) mass is 476 g/mol. The lowest BCUT2D eigenvalue weighted by atomic mass is 10.2. The number of nitrogens with zero attached hydrogens (tertiary/aromatic N) is 2. The zero-order valence-corrected chi connectivity index (χ0v) is 20.2. The zero-order valence-electron chi connectivity index (χ0n) is 18.6. The molecule has 0 aliphatic carbocycles. The highest BCUT2D eigenvalue weighted by Gasteiger charge is 2.12. The first-order chi connectivity index (χ1) is 16.0. The Hall–Kier alpha value is -3.02. The summed E-state index contributed by atoms with van der Waals surface area (Å²) in [5, 5.41) is 10.2. The van der Waals surface area contributed by atoms with Gasteiger partial charge in [-0.2, -0.15) is 0 Å². The Morgan fingerprint density at radius 2 is 1.24 bits per heavy atom. The molecule has 0 N–H and O–H groups in total. The van der Waals surface area contributed by atoms with Gasteiger partial charge in [0, 0.05) is 16.8 Å². The normalized spacial score (nSPS) is 10.8. The van der Waals surface area contributed by atoms with E-state index in [0.29, 0.717) is 24.8 Å². The summed E-state index contributed by atoms with van der Waals surface area (Å²) in [5.41, 5.74) is 5.73. The summed E-state index contributed by atoms with van der Waals surface area (Å²) in [4.78, 5) is 0. The molecule has 3 aromatic carbocycles. The molecule has 4 rings (SSSR count). The third-order valence-corrected chi connectivity index (χ3v) is 6.24. The van der Waals surface area contributed by atoms with Gasteiger partial charge in [0.1, 0.15) is 18.2 Å². The van der Waals surface area contributed by atoms with E-state index in [-0.39, 0.29) is 0 Å². The summed E-state index contributed by atoms with van der Waals surface area (Å²) in [5.74, 6) is 1.72. The fourth-order valence-electron chi connectivity index (χ4n) is 3.04. The molecule has 1 heterocycles. The second-order valence-electron chi connectivity index (χ2n) is 7.82. The molecular weight excluding hydrogens is 452 g/mol. The molecule has 0 fully saturated rings. The summed E-state index contributed by atoms with van der Waals surface area (Å²) in [7, 11) is 0. The molecule has 0 spiro atoms. The van der Waals surface area contributed by atoms with Crippen molar-refractivity contribution in [3.8, 4) is 11.6 Å². The van der Waals surface area contributed by atoms with E-state index in [0.717, 1.165) is 32.5 Å². The Morgan fingerprint density at radius 3 is 1.85 bits per heavy atom. The molecule has 0 radical (unpaired) electrons. The summed E-state index contributed by atoms with van der Waals surface area (Å²) in [6.07, 6.45) is 0. The molecule has 33 heavy (non-hydrogen) atoms. The van der Waals surface area contributed by atoms with Gasteiger partial charge < -0.3 is 9.47 Å². The van der Waals surface area contributed by atoms with Crippen molar-refractivity contribution in [2.75, 3.05) is 0 Å². The number of rotatable bonds is 9. The smallest absolute Gasteiger partial charge is 0.276 e. The van der Waals surface area contributed by atoms with Crippen molar-refractivity contribution in [1.82, 2.24) is 10.2 Å². The molecule has 0 amide bonds. The molecule has 0 bridgehead atoms. The summed E-state index contributed by atoms with van der Waals surface area (Å²) < 4.78 is 12.1. The fourth-order valence-corrected chi connectivity index (χ4v) is 3.96. The topological polar surface area (TPSA) is 44.2 Å². The number of thioether (sulfide) groups is 1. The minimum atomic E-state index is 0.388. The number of aryl methyl sites for hydroxylation is 2. The number of benzene rings is 3. The number of aromatic nitrogens is 2. The quantitative estimate of drug-likeness (QED) is 0.239.